The summed E-state index contributed by atoms with van der Waals surface area (Å²) in [5.74, 6) is 0.922. The Morgan fingerprint density at radius 2 is 1.95 bits per heavy atom. The number of aryl methyl sites for hydroxylation is 1. The number of nitrogens with two attached hydrogens (primary N) is 1. The van der Waals surface area contributed by atoms with Gasteiger partial charge in [0.15, 0.2) is 5.66 Å². The van der Waals surface area contributed by atoms with Crippen molar-refractivity contribution in [2.45, 2.75) is 5.66 Å². The second kappa shape index (κ2) is 11.0. The molecule has 0 spiro atoms. The van der Waals surface area contributed by atoms with Gasteiger partial charge in [0, 0.05) is 72.6 Å². The number of methoxy groups -OCH3 is 1. The van der Waals surface area contributed by atoms with Crippen molar-refractivity contribution in [1.82, 2.24) is 20.1 Å². The summed E-state index contributed by atoms with van der Waals surface area (Å²) in [5, 5.41) is 11.0. The number of rotatable bonds is 7. The number of morpholine rings is 1. The molecule has 1 atom stereocenters. The van der Waals surface area contributed by atoms with Gasteiger partial charge < -0.3 is 25.0 Å². The number of hydrogen-bond donors (Lipinski definition) is 3. The summed E-state index contributed by atoms with van der Waals surface area (Å²) in [4.78, 5) is 11.2. The van der Waals surface area contributed by atoms with Crippen LogP contribution in [0.3, 0.4) is 0 Å². The van der Waals surface area contributed by atoms with Crippen molar-refractivity contribution in [2.24, 2.45) is 17.8 Å². The molecule has 0 aliphatic carbocycles. The Labute approximate surface area is 237 Å². The number of aliphatic imine (C=N–C) groups is 1. The number of hydrogen-bond acceptors (Lipinski definition) is 9. The summed E-state index contributed by atoms with van der Waals surface area (Å²) in [6.45, 7) is 2.89. The second-order valence-corrected chi connectivity index (χ2v) is 9.89. The average Bonchev–Trinajstić information content (AvgIpc) is 3.44. The van der Waals surface area contributed by atoms with Crippen LogP contribution in [0.2, 0.25) is 0 Å². The van der Waals surface area contributed by atoms with Crippen LogP contribution in [0.5, 0.6) is 5.75 Å². The molecule has 11 heteroatoms. The Kier molecular flexibility index (Phi) is 7.12. The summed E-state index contributed by atoms with van der Waals surface area (Å²) < 4.78 is 27.7. The van der Waals surface area contributed by atoms with E-state index in [1.807, 2.05) is 25.5 Å². The maximum absolute atomic E-state index is 14.5. The smallest absolute Gasteiger partial charge is 0.158 e. The number of benzene rings is 2. The van der Waals surface area contributed by atoms with Crippen molar-refractivity contribution in [3.8, 4) is 28.1 Å². The normalized spacial score (nSPS) is 18.5. The average molecular weight is 555 g/mol. The topological polar surface area (TPSA) is 115 Å². The molecule has 6 rings (SSSR count). The molecule has 2 aromatic carbocycles. The summed E-state index contributed by atoms with van der Waals surface area (Å²) in [6, 6.07) is 14.1. The third-order valence-electron chi connectivity index (χ3n) is 7.19. The van der Waals surface area contributed by atoms with Gasteiger partial charge in [0.1, 0.15) is 17.4 Å². The van der Waals surface area contributed by atoms with Crippen LogP contribution in [0.25, 0.3) is 22.4 Å². The molecule has 0 amide bonds. The van der Waals surface area contributed by atoms with Gasteiger partial charge in [-0.05, 0) is 30.3 Å². The Balaban J connectivity index is 1.36. The Morgan fingerprint density at radius 3 is 2.71 bits per heavy atom. The van der Waals surface area contributed by atoms with Crippen LogP contribution in [0.15, 0.2) is 84.0 Å². The lowest BCUT2D eigenvalue weighted by Crippen LogP contribution is -2.39. The van der Waals surface area contributed by atoms with Crippen LogP contribution in [0, 0.1) is 5.82 Å². The summed E-state index contributed by atoms with van der Waals surface area (Å²) in [6.07, 6.45) is 8.77. The molecular weight excluding hydrogens is 523 g/mol. The fraction of sp³-hybridized carbons (Fsp3) is 0.233. The molecule has 210 valence electrons. The van der Waals surface area contributed by atoms with E-state index < -0.39 is 5.66 Å². The van der Waals surface area contributed by atoms with Gasteiger partial charge in [-0.25, -0.2) is 9.38 Å². The quantitative estimate of drug-likeness (QED) is 0.316. The van der Waals surface area contributed by atoms with E-state index >= 15 is 0 Å². The first-order chi connectivity index (χ1) is 19.9. The van der Waals surface area contributed by atoms with Gasteiger partial charge in [-0.15, -0.1) is 0 Å². The minimum atomic E-state index is -1.22. The van der Waals surface area contributed by atoms with Gasteiger partial charge >= 0.3 is 0 Å². The maximum Gasteiger partial charge on any atom is 0.158 e. The molecule has 4 aromatic rings. The fourth-order valence-electron chi connectivity index (χ4n) is 5.07. The van der Waals surface area contributed by atoms with Gasteiger partial charge in [0.05, 0.1) is 44.2 Å². The molecule has 1 fully saturated rings. The highest BCUT2D eigenvalue weighted by molar-refractivity contribution is 5.85. The third kappa shape index (κ3) is 5.37. The van der Waals surface area contributed by atoms with Crippen molar-refractivity contribution in [3.63, 3.8) is 0 Å². The number of nitrogens with one attached hydrogen (secondary N) is 2. The minimum Gasteiger partial charge on any atom is -0.494 e. The lowest BCUT2D eigenvalue weighted by atomic mass is 9.98. The standard InChI is InChI=1S/C30H31FN8O2/c1-38-18-20(17-36-38)23-14-26(28(40-2)15-27(23)39-9-11-41-12-10-39)37-29-16-30(32,35-19-34-29)21-7-8-33-25(13-21)22-5-3-4-6-24(22)31/h3-8,13-19,37H,9-12,32H2,1-2H3,(H,34,35). The molecule has 41 heavy (non-hydrogen) atoms. The Hall–Kier alpha value is -4.74. The van der Waals surface area contributed by atoms with E-state index in [-0.39, 0.29) is 5.82 Å². The van der Waals surface area contributed by atoms with Crippen LogP contribution in [-0.2, 0) is 17.4 Å². The molecule has 2 aromatic heterocycles. The fourth-order valence-corrected chi connectivity index (χ4v) is 5.07. The molecule has 10 nitrogen and oxygen atoms in total. The molecule has 0 saturated carbocycles. The monoisotopic (exact) mass is 554 g/mol. The third-order valence-corrected chi connectivity index (χ3v) is 7.19. The van der Waals surface area contributed by atoms with Crippen LogP contribution in [0.1, 0.15) is 5.56 Å². The predicted molar refractivity (Wildman–Crippen MR) is 157 cm³/mol. The largest absolute Gasteiger partial charge is 0.494 e. The van der Waals surface area contributed by atoms with Crippen molar-refractivity contribution < 1.29 is 13.9 Å². The number of ether oxygens (including phenoxy) is 2. The van der Waals surface area contributed by atoms with Crippen LogP contribution >= 0.6 is 0 Å². The number of halogens is 1. The van der Waals surface area contributed by atoms with Crippen LogP contribution in [-0.4, -0.2) is 54.5 Å². The molecule has 2 aliphatic heterocycles. The number of anilines is 2. The number of aromatic nitrogens is 3. The van der Waals surface area contributed by atoms with Gasteiger partial charge in [-0.3, -0.25) is 15.4 Å². The molecule has 0 bridgehead atoms. The second-order valence-electron chi connectivity index (χ2n) is 9.89. The predicted octanol–water partition coefficient (Wildman–Crippen LogP) is 3.83. The Bertz CT molecular complexity index is 1630. The first kappa shape index (κ1) is 26.5. The molecule has 1 saturated heterocycles. The Morgan fingerprint density at radius 1 is 1.12 bits per heavy atom. The molecular formula is C30H31FN8O2. The summed E-state index contributed by atoms with van der Waals surface area (Å²) >= 11 is 0. The zero-order valence-electron chi connectivity index (χ0n) is 22.8. The van der Waals surface area contributed by atoms with Crippen molar-refractivity contribution in [3.05, 3.63) is 90.4 Å². The highest BCUT2D eigenvalue weighted by atomic mass is 19.1. The van der Waals surface area contributed by atoms with Crippen molar-refractivity contribution >= 4 is 17.7 Å². The van der Waals surface area contributed by atoms with E-state index in [1.165, 1.54) is 6.07 Å². The molecule has 2 aliphatic rings. The molecule has 4 heterocycles. The molecule has 4 N–H and O–H groups in total. The first-order valence-corrected chi connectivity index (χ1v) is 13.3. The van der Waals surface area contributed by atoms with E-state index in [9.17, 15) is 4.39 Å². The zero-order chi connectivity index (χ0) is 28.4. The van der Waals surface area contributed by atoms with Gasteiger partial charge in [0.2, 0.25) is 0 Å². The molecule has 0 radical (unpaired) electrons. The zero-order valence-corrected chi connectivity index (χ0v) is 22.8. The highest BCUT2D eigenvalue weighted by Crippen LogP contribution is 2.40. The van der Waals surface area contributed by atoms with Crippen LogP contribution < -0.4 is 26.0 Å². The molecule has 1 unspecified atom stereocenters. The van der Waals surface area contributed by atoms with E-state index in [0.717, 1.165) is 35.6 Å². The SMILES string of the molecule is COc1cc(N2CCOCC2)c(-c2cnn(C)c2)cc1NC1=CC(N)(c2ccnc(-c3ccccc3F)c2)N=CN1. The van der Waals surface area contributed by atoms with Crippen molar-refractivity contribution in [2.75, 3.05) is 43.6 Å². The lowest BCUT2D eigenvalue weighted by molar-refractivity contribution is 0.122. The van der Waals surface area contributed by atoms with E-state index in [4.69, 9.17) is 15.2 Å². The first-order valence-electron chi connectivity index (χ1n) is 13.3. The minimum absolute atomic E-state index is 0.355. The highest BCUT2D eigenvalue weighted by Gasteiger charge is 2.28. The lowest BCUT2D eigenvalue weighted by Gasteiger charge is -2.32. The van der Waals surface area contributed by atoms with Crippen LogP contribution in [0.4, 0.5) is 15.8 Å². The van der Waals surface area contributed by atoms with E-state index in [2.05, 4.69) is 36.7 Å². The van der Waals surface area contributed by atoms with Gasteiger partial charge in [-0.2, -0.15) is 5.10 Å². The maximum atomic E-state index is 14.5. The number of nitrogens with zero attached hydrogens (tertiary/aromatic N) is 5. The van der Waals surface area contributed by atoms with Gasteiger partial charge in [0.25, 0.3) is 0 Å². The summed E-state index contributed by atoms with van der Waals surface area (Å²) in [5.41, 5.74) is 10.9. The van der Waals surface area contributed by atoms with Crippen molar-refractivity contribution in [1.29, 1.82) is 0 Å². The van der Waals surface area contributed by atoms with E-state index in [0.29, 0.717) is 41.6 Å². The number of pyridine rings is 1. The van der Waals surface area contributed by atoms with Gasteiger partial charge in [-0.1, -0.05) is 12.1 Å². The summed E-state index contributed by atoms with van der Waals surface area (Å²) in [7, 11) is 3.54. The van der Waals surface area contributed by atoms with E-state index in [1.54, 1.807) is 60.7 Å².